The van der Waals surface area contributed by atoms with E-state index < -0.39 is 23.3 Å². The summed E-state index contributed by atoms with van der Waals surface area (Å²) in [4.78, 5) is 12.1. The summed E-state index contributed by atoms with van der Waals surface area (Å²) in [6.45, 7) is 5.05. The number of nitrogens with zero attached hydrogens (tertiary/aromatic N) is 1. The number of aromatic nitrogens is 2. The van der Waals surface area contributed by atoms with E-state index in [1.54, 1.807) is 20.8 Å². The van der Waals surface area contributed by atoms with Crippen LogP contribution in [0.25, 0.3) is 11.1 Å². The molecule has 0 atom stereocenters. The van der Waals surface area contributed by atoms with Crippen molar-refractivity contribution < 1.29 is 22.7 Å². The van der Waals surface area contributed by atoms with E-state index >= 15 is 0 Å². The van der Waals surface area contributed by atoms with Gasteiger partial charge in [0.05, 0.1) is 11.8 Å². The summed E-state index contributed by atoms with van der Waals surface area (Å²) in [6.07, 6.45) is -3.28. The summed E-state index contributed by atoms with van der Waals surface area (Å²) in [5.41, 5.74) is 4.13. The molecule has 124 valence electrons. The van der Waals surface area contributed by atoms with Gasteiger partial charge in [0.1, 0.15) is 5.60 Å². The van der Waals surface area contributed by atoms with Gasteiger partial charge in [0.2, 0.25) is 0 Å². The fourth-order valence-corrected chi connectivity index (χ4v) is 1.96. The normalized spacial score (nSPS) is 12.3. The number of rotatable bonds is 2. The van der Waals surface area contributed by atoms with Crippen LogP contribution in [0.5, 0.6) is 0 Å². The van der Waals surface area contributed by atoms with Crippen molar-refractivity contribution in [2.24, 2.45) is 0 Å². The lowest BCUT2D eigenvalue weighted by atomic mass is 10.0. The number of halogens is 3. The maximum atomic E-state index is 12.9. The SMILES string of the molecule is CC(C)(C)OC(=O)c1[nH]ncc1-c1cc(N)cc(C(F)(F)F)c1. The van der Waals surface area contributed by atoms with Gasteiger partial charge in [0, 0.05) is 11.3 Å². The Hall–Kier alpha value is -2.51. The predicted molar refractivity (Wildman–Crippen MR) is 78.6 cm³/mol. The molecule has 0 spiro atoms. The predicted octanol–water partition coefficient (Wildman–Crippen LogP) is 3.63. The molecule has 0 aliphatic carbocycles. The van der Waals surface area contributed by atoms with Crippen LogP contribution in [0.2, 0.25) is 0 Å². The van der Waals surface area contributed by atoms with Gasteiger partial charge in [-0.3, -0.25) is 5.10 Å². The van der Waals surface area contributed by atoms with Gasteiger partial charge in [0.25, 0.3) is 0 Å². The molecule has 3 N–H and O–H groups in total. The number of carbonyl (C=O) groups is 1. The second-order valence-corrected chi connectivity index (χ2v) is 6.00. The molecule has 2 rings (SSSR count). The van der Waals surface area contributed by atoms with Gasteiger partial charge in [-0.15, -0.1) is 0 Å². The number of nitrogens with one attached hydrogen (secondary N) is 1. The second-order valence-electron chi connectivity index (χ2n) is 6.00. The highest BCUT2D eigenvalue weighted by Crippen LogP contribution is 2.35. The quantitative estimate of drug-likeness (QED) is 0.652. The smallest absolute Gasteiger partial charge is 0.416 e. The zero-order valence-electron chi connectivity index (χ0n) is 12.8. The average Bonchev–Trinajstić information content (AvgIpc) is 2.84. The van der Waals surface area contributed by atoms with Crippen molar-refractivity contribution in [1.82, 2.24) is 10.2 Å². The molecule has 0 saturated carbocycles. The molecule has 0 aliphatic rings. The number of benzene rings is 1. The third-order valence-corrected chi connectivity index (χ3v) is 2.84. The Morgan fingerprint density at radius 1 is 1.22 bits per heavy atom. The van der Waals surface area contributed by atoms with Gasteiger partial charge >= 0.3 is 12.1 Å². The Kier molecular flexibility index (Phi) is 4.10. The number of nitrogens with two attached hydrogens (primary N) is 1. The molecule has 1 heterocycles. The van der Waals surface area contributed by atoms with Crippen molar-refractivity contribution in [3.05, 3.63) is 35.7 Å². The number of alkyl halides is 3. The Labute approximate surface area is 130 Å². The van der Waals surface area contributed by atoms with E-state index in [1.165, 1.54) is 12.3 Å². The summed E-state index contributed by atoms with van der Waals surface area (Å²) in [6, 6.07) is 3.08. The van der Waals surface area contributed by atoms with E-state index in [1.807, 2.05) is 0 Å². The Balaban J connectivity index is 2.47. The fourth-order valence-electron chi connectivity index (χ4n) is 1.96. The molecule has 1 aromatic carbocycles. The van der Waals surface area contributed by atoms with Crippen LogP contribution in [0.4, 0.5) is 18.9 Å². The highest BCUT2D eigenvalue weighted by atomic mass is 19.4. The third-order valence-electron chi connectivity index (χ3n) is 2.84. The molecule has 0 saturated heterocycles. The van der Waals surface area contributed by atoms with Crippen LogP contribution in [0.3, 0.4) is 0 Å². The van der Waals surface area contributed by atoms with Crippen LogP contribution < -0.4 is 5.73 Å². The van der Waals surface area contributed by atoms with E-state index in [0.29, 0.717) is 0 Å². The molecule has 0 bridgehead atoms. The number of carbonyl (C=O) groups excluding carboxylic acids is 1. The molecule has 5 nitrogen and oxygen atoms in total. The van der Waals surface area contributed by atoms with E-state index in [-0.39, 0.29) is 22.5 Å². The fraction of sp³-hybridized carbons (Fsp3) is 0.333. The summed E-state index contributed by atoms with van der Waals surface area (Å²) in [7, 11) is 0. The summed E-state index contributed by atoms with van der Waals surface area (Å²) in [5.74, 6) is -0.707. The standard InChI is InChI=1S/C15H16F3N3O2/c1-14(2,3)23-13(22)12-11(7-20-21-12)8-4-9(15(16,17)18)6-10(19)5-8/h4-7H,19H2,1-3H3,(H,20,21). The summed E-state index contributed by atoms with van der Waals surface area (Å²) in [5, 5.41) is 6.18. The van der Waals surface area contributed by atoms with Gasteiger partial charge in [-0.05, 0) is 44.5 Å². The van der Waals surface area contributed by atoms with Crippen LogP contribution in [-0.4, -0.2) is 21.8 Å². The zero-order chi connectivity index (χ0) is 17.4. The Morgan fingerprint density at radius 3 is 2.43 bits per heavy atom. The Bertz CT molecular complexity index is 730. The topological polar surface area (TPSA) is 81.0 Å². The average molecular weight is 327 g/mol. The van der Waals surface area contributed by atoms with Crippen LogP contribution >= 0.6 is 0 Å². The van der Waals surface area contributed by atoms with Crippen molar-refractivity contribution in [2.75, 3.05) is 5.73 Å². The number of nitrogen functional groups attached to an aromatic ring is 1. The lowest BCUT2D eigenvalue weighted by molar-refractivity contribution is -0.137. The van der Waals surface area contributed by atoms with Crippen molar-refractivity contribution >= 4 is 11.7 Å². The molecule has 23 heavy (non-hydrogen) atoms. The number of hydrogen-bond donors (Lipinski definition) is 2. The maximum Gasteiger partial charge on any atom is 0.416 e. The first-order chi connectivity index (χ1) is 10.5. The molecular weight excluding hydrogens is 311 g/mol. The van der Waals surface area contributed by atoms with Crippen LogP contribution in [0.15, 0.2) is 24.4 Å². The van der Waals surface area contributed by atoms with Crippen LogP contribution in [0.1, 0.15) is 36.8 Å². The van der Waals surface area contributed by atoms with Crippen molar-refractivity contribution in [2.45, 2.75) is 32.5 Å². The Morgan fingerprint density at radius 2 is 1.87 bits per heavy atom. The number of hydrogen-bond acceptors (Lipinski definition) is 4. The lowest BCUT2D eigenvalue weighted by Gasteiger charge is -2.19. The zero-order valence-corrected chi connectivity index (χ0v) is 12.8. The highest BCUT2D eigenvalue weighted by Gasteiger charge is 2.32. The van der Waals surface area contributed by atoms with Gasteiger partial charge in [-0.1, -0.05) is 0 Å². The van der Waals surface area contributed by atoms with Gasteiger partial charge in [-0.2, -0.15) is 18.3 Å². The summed E-state index contributed by atoms with van der Waals surface area (Å²) >= 11 is 0. The van der Waals surface area contributed by atoms with Crippen molar-refractivity contribution in [1.29, 1.82) is 0 Å². The first-order valence-electron chi connectivity index (χ1n) is 6.72. The monoisotopic (exact) mass is 327 g/mol. The maximum absolute atomic E-state index is 12.9. The molecule has 2 aromatic rings. The molecule has 0 fully saturated rings. The minimum absolute atomic E-state index is 0.0290. The molecule has 0 amide bonds. The molecule has 0 unspecified atom stereocenters. The van der Waals surface area contributed by atoms with Crippen molar-refractivity contribution in [3.8, 4) is 11.1 Å². The van der Waals surface area contributed by atoms with Gasteiger partial charge in [0.15, 0.2) is 5.69 Å². The number of ether oxygens (including phenoxy) is 1. The van der Waals surface area contributed by atoms with Gasteiger partial charge in [-0.25, -0.2) is 4.79 Å². The first-order valence-corrected chi connectivity index (χ1v) is 6.72. The van der Waals surface area contributed by atoms with E-state index in [2.05, 4.69) is 10.2 Å². The minimum Gasteiger partial charge on any atom is -0.455 e. The second kappa shape index (κ2) is 5.60. The number of aromatic amines is 1. The lowest BCUT2D eigenvalue weighted by Crippen LogP contribution is -2.24. The largest absolute Gasteiger partial charge is 0.455 e. The van der Waals surface area contributed by atoms with E-state index in [0.717, 1.165) is 12.1 Å². The van der Waals surface area contributed by atoms with Crippen LogP contribution in [0, 0.1) is 0 Å². The number of anilines is 1. The number of H-pyrrole nitrogens is 1. The molecule has 0 radical (unpaired) electrons. The van der Waals surface area contributed by atoms with Gasteiger partial charge < -0.3 is 10.5 Å². The van der Waals surface area contributed by atoms with E-state index in [4.69, 9.17) is 10.5 Å². The minimum atomic E-state index is -4.54. The van der Waals surface area contributed by atoms with Crippen molar-refractivity contribution in [3.63, 3.8) is 0 Å². The van der Waals surface area contributed by atoms with E-state index in [9.17, 15) is 18.0 Å². The molecular formula is C15H16F3N3O2. The molecule has 8 heteroatoms. The molecule has 1 aromatic heterocycles. The molecule has 0 aliphatic heterocycles. The summed E-state index contributed by atoms with van der Waals surface area (Å²) < 4.78 is 43.9. The van der Waals surface area contributed by atoms with Crippen LogP contribution in [-0.2, 0) is 10.9 Å². The first kappa shape index (κ1) is 16.9. The highest BCUT2D eigenvalue weighted by molar-refractivity contribution is 5.95. The third kappa shape index (κ3) is 4.02. The number of esters is 1.